The first-order valence-corrected chi connectivity index (χ1v) is 10.3. The number of anilines is 1. The first-order chi connectivity index (χ1) is 15.4. The van der Waals surface area contributed by atoms with Crippen LogP contribution in [-0.4, -0.2) is 15.5 Å². The fraction of sp³-hybridized carbons (Fsp3) is 0.0909. The largest absolute Gasteiger partial charge is 0.423 e. The van der Waals surface area contributed by atoms with Gasteiger partial charge >= 0.3 is 5.69 Å². The van der Waals surface area contributed by atoms with Crippen molar-refractivity contribution in [3.8, 4) is 11.9 Å². The Labute approximate surface area is 188 Å². The van der Waals surface area contributed by atoms with Crippen LogP contribution in [0, 0.1) is 11.3 Å². The van der Waals surface area contributed by atoms with Crippen molar-refractivity contribution in [2.75, 3.05) is 5.32 Å². The van der Waals surface area contributed by atoms with Gasteiger partial charge in [0.2, 0.25) is 17.7 Å². The fourth-order valence-corrected chi connectivity index (χ4v) is 4.61. The van der Waals surface area contributed by atoms with Crippen molar-refractivity contribution in [3.05, 3.63) is 102 Å². The molecular formula is C22H14BrN5O4. The molecule has 3 heterocycles. The summed E-state index contributed by atoms with van der Waals surface area (Å²) < 4.78 is 7.06. The maximum atomic E-state index is 13.7. The standard InChI is InChI=1S/C22H14BrN5O4/c23-12-6-7-15-13(8-12)22(20(30)26-15)14(9-24)17(25)32-18-16(22)19(29)28(21(31)27-18)10-11-4-2-1-3-5-11/h1-8H,10,25H2,(H,26,30)(H,27,31)/t22-/m0/s1. The first-order valence-electron chi connectivity index (χ1n) is 9.49. The van der Waals surface area contributed by atoms with Crippen LogP contribution in [0.4, 0.5) is 5.69 Å². The molecule has 0 unspecified atom stereocenters. The van der Waals surface area contributed by atoms with Gasteiger partial charge in [0.15, 0.2) is 5.41 Å². The van der Waals surface area contributed by atoms with E-state index in [-0.39, 0.29) is 29.4 Å². The minimum Gasteiger partial charge on any atom is -0.423 e. The van der Waals surface area contributed by atoms with E-state index in [0.29, 0.717) is 21.3 Å². The molecule has 10 heteroatoms. The predicted octanol–water partition coefficient (Wildman–Crippen LogP) is 1.67. The smallest absolute Gasteiger partial charge is 0.331 e. The number of aromatic amines is 1. The summed E-state index contributed by atoms with van der Waals surface area (Å²) in [7, 11) is 0. The third-order valence-electron chi connectivity index (χ3n) is 5.63. The van der Waals surface area contributed by atoms with Crippen molar-refractivity contribution >= 4 is 27.5 Å². The summed E-state index contributed by atoms with van der Waals surface area (Å²) in [5.74, 6) is -1.26. The minimum absolute atomic E-state index is 0.0353. The summed E-state index contributed by atoms with van der Waals surface area (Å²) in [5.41, 5.74) is 3.73. The summed E-state index contributed by atoms with van der Waals surface area (Å²) >= 11 is 3.38. The van der Waals surface area contributed by atoms with E-state index in [0.717, 1.165) is 4.57 Å². The molecule has 3 aromatic rings. The van der Waals surface area contributed by atoms with E-state index in [9.17, 15) is 19.6 Å². The molecule has 2 aliphatic rings. The number of carbonyl (C=O) groups excluding carboxylic acids is 1. The molecule has 0 saturated heterocycles. The number of amides is 1. The number of aromatic nitrogens is 2. The molecule has 1 atom stereocenters. The van der Waals surface area contributed by atoms with Gasteiger partial charge in [-0.2, -0.15) is 5.26 Å². The summed E-state index contributed by atoms with van der Waals surface area (Å²) in [6.45, 7) is -0.0353. The second-order valence-electron chi connectivity index (χ2n) is 7.36. The number of carbonyl (C=O) groups is 1. The number of rotatable bonds is 2. The number of nitriles is 1. The molecule has 1 spiro atoms. The number of nitrogens with zero attached hydrogens (tertiary/aromatic N) is 2. The lowest BCUT2D eigenvalue weighted by Gasteiger charge is -2.32. The third kappa shape index (κ3) is 2.58. The van der Waals surface area contributed by atoms with Crippen LogP contribution < -0.4 is 27.0 Å². The molecule has 5 rings (SSSR count). The fourth-order valence-electron chi connectivity index (χ4n) is 4.25. The van der Waals surface area contributed by atoms with Gasteiger partial charge in [0.1, 0.15) is 17.2 Å². The molecule has 0 fully saturated rings. The summed E-state index contributed by atoms with van der Waals surface area (Å²) in [4.78, 5) is 42.4. The number of nitrogens with one attached hydrogen (secondary N) is 2. The Morgan fingerprint density at radius 3 is 2.62 bits per heavy atom. The number of ether oxygens (including phenoxy) is 1. The molecule has 1 aromatic heterocycles. The van der Waals surface area contributed by atoms with Gasteiger partial charge in [-0.1, -0.05) is 46.3 Å². The Hall–Kier alpha value is -4.10. The van der Waals surface area contributed by atoms with Gasteiger partial charge in [0.05, 0.1) is 6.54 Å². The van der Waals surface area contributed by atoms with Crippen LogP contribution in [0.15, 0.2) is 74.0 Å². The highest BCUT2D eigenvalue weighted by atomic mass is 79.9. The number of benzene rings is 2. The van der Waals surface area contributed by atoms with Crippen molar-refractivity contribution in [1.29, 1.82) is 5.26 Å². The van der Waals surface area contributed by atoms with E-state index >= 15 is 0 Å². The van der Waals surface area contributed by atoms with E-state index in [1.807, 2.05) is 12.1 Å². The SMILES string of the molecule is N#CC1=C(N)Oc2[nH]c(=O)n(Cc3ccccc3)c(=O)c2[C@@]12C(=O)Nc1ccc(Br)cc12. The molecule has 0 radical (unpaired) electrons. The van der Waals surface area contributed by atoms with Crippen LogP contribution in [-0.2, 0) is 16.8 Å². The van der Waals surface area contributed by atoms with Gasteiger partial charge < -0.3 is 15.8 Å². The third-order valence-corrected chi connectivity index (χ3v) is 6.12. The van der Waals surface area contributed by atoms with E-state index in [1.54, 1.807) is 42.5 Å². The van der Waals surface area contributed by atoms with Crippen LogP contribution in [0.5, 0.6) is 5.88 Å². The zero-order valence-corrected chi connectivity index (χ0v) is 17.9. The summed E-state index contributed by atoms with van der Waals surface area (Å²) in [5, 5.41) is 12.7. The molecule has 0 saturated carbocycles. The lowest BCUT2D eigenvalue weighted by atomic mass is 9.69. The van der Waals surface area contributed by atoms with Crippen molar-refractivity contribution in [3.63, 3.8) is 0 Å². The van der Waals surface area contributed by atoms with Crippen LogP contribution in [0.2, 0.25) is 0 Å². The van der Waals surface area contributed by atoms with E-state index in [4.69, 9.17) is 10.5 Å². The first kappa shape index (κ1) is 19.8. The van der Waals surface area contributed by atoms with Gasteiger partial charge in [0.25, 0.3) is 5.56 Å². The molecule has 0 aliphatic carbocycles. The van der Waals surface area contributed by atoms with Crippen molar-refractivity contribution in [1.82, 2.24) is 9.55 Å². The van der Waals surface area contributed by atoms with Crippen LogP contribution in [0.25, 0.3) is 0 Å². The average Bonchev–Trinajstić information content (AvgIpc) is 3.03. The van der Waals surface area contributed by atoms with Gasteiger partial charge in [0, 0.05) is 15.7 Å². The molecule has 158 valence electrons. The highest BCUT2D eigenvalue weighted by molar-refractivity contribution is 9.10. The van der Waals surface area contributed by atoms with Crippen molar-refractivity contribution in [2.45, 2.75) is 12.0 Å². The van der Waals surface area contributed by atoms with Crippen LogP contribution in [0.1, 0.15) is 16.7 Å². The van der Waals surface area contributed by atoms with E-state index in [1.165, 1.54) is 0 Å². The van der Waals surface area contributed by atoms with E-state index in [2.05, 4.69) is 26.2 Å². The minimum atomic E-state index is -1.87. The molecule has 32 heavy (non-hydrogen) atoms. The average molecular weight is 492 g/mol. The molecule has 2 aromatic carbocycles. The lowest BCUT2D eigenvalue weighted by Crippen LogP contribution is -2.50. The normalized spacial score (nSPS) is 18.6. The Morgan fingerprint density at radius 1 is 1.16 bits per heavy atom. The monoisotopic (exact) mass is 491 g/mol. The Morgan fingerprint density at radius 2 is 1.91 bits per heavy atom. The number of hydrogen-bond donors (Lipinski definition) is 3. The van der Waals surface area contributed by atoms with Crippen LogP contribution in [0.3, 0.4) is 0 Å². The summed E-state index contributed by atoms with van der Waals surface area (Å²) in [6, 6.07) is 15.9. The molecule has 1 amide bonds. The van der Waals surface area contributed by atoms with Crippen molar-refractivity contribution in [2.24, 2.45) is 5.73 Å². The van der Waals surface area contributed by atoms with E-state index < -0.39 is 22.6 Å². The maximum absolute atomic E-state index is 13.7. The van der Waals surface area contributed by atoms with Crippen LogP contribution >= 0.6 is 15.9 Å². The van der Waals surface area contributed by atoms with Gasteiger partial charge in [-0.15, -0.1) is 0 Å². The van der Waals surface area contributed by atoms with Gasteiger partial charge in [-0.05, 0) is 23.8 Å². The molecule has 9 nitrogen and oxygen atoms in total. The molecule has 0 bridgehead atoms. The van der Waals surface area contributed by atoms with Crippen molar-refractivity contribution < 1.29 is 9.53 Å². The Balaban J connectivity index is 1.87. The number of fused-ring (bicyclic) bond motifs is 4. The summed E-state index contributed by atoms with van der Waals surface area (Å²) in [6.07, 6.45) is 0. The molecule has 2 aliphatic heterocycles. The topological polar surface area (TPSA) is 143 Å². The predicted molar refractivity (Wildman–Crippen MR) is 118 cm³/mol. The lowest BCUT2D eigenvalue weighted by molar-refractivity contribution is -0.118. The molecule has 4 N–H and O–H groups in total. The highest BCUT2D eigenvalue weighted by Gasteiger charge is 2.58. The zero-order valence-electron chi connectivity index (χ0n) is 16.3. The van der Waals surface area contributed by atoms with Gasteiger partial charge in [-0.3, -0.25) is 19.1 Å². The maximum Gasteiger partial charge on any atom is 0.331 e. The molecular weight excluding hydrogens is 478 g/mol. The van der Waals surface area contributed by atoms with Gasteiger partial charge in [-0.25, -0.2) is 4.79 Å². The number of halogens is 1. The number of H-pyrrole nitrogens is 1. The zero-order chi connectivity index (χ0) is 22.6. The second-order valence-corrected chi connectivity index (χ2v) is 8.27. The number of hydrogen-bond acceptors (Lipinski definition) is 6. The highest BCUT2D eigenvalue weighted by Crippen LogP contribution is 2.51. The quantitative estimate of drug-likeness (QED) is 0.497. The second kappa shape index (κ2) is 6.96. The Bertz CT molecular complexity index is 1500. The number of nitrogens with two attached hydrogens (primary N) is 1. The Kier molecular flexibility index (Phi) is 4.32.